The molecule has 0 fully saturated rings. The Hall–Kier alpha value is -3.32. The van der Waals surface area contributed by atoms with Crippen molar-refractivity contribution in [3.05, 3.63) is 72.4 Å². The van der Waals surface area contributed by atoms with Gasteiger partial charge in [-0.05, 0) is 127 Å². The van der Waals surface area contributed by atoms with E-state index in [9.17, 15) is 9.59 Å². The lowest BCUT2D eigenvalue weighted by Gasteiger charge is -2.13. The van der Waals surface area contributed by atoms with Gasteiger partial charge in [-0.1, -0.05) is 127 Å². The highest BCUT2D eigenvalue weighted by Gasteiger charge is 2.07. The topological polar surface area (TPSA) is 83.1 Å². The van der Waals surface area contributed by atoms with Crippen LogP contribution in [0.3, 0.4) is 0 Å². The van der Waals surface area contributed by atoms with Gasteiger partial charge in [0.25, 0.3) is 0 Å². The first-order valence-electron chi connectivity index (χ1n) is 24.0. The highest BCUT2D eigenvalue weighted by Crippen LogP contribution is 2.24. The molecule has 7 nitrogen and oxygen atoms in total. The van der Waals surface area contributed by atoms with Gasteiger partial charge >= 0.3 is 11.9 Å². The molecule has 7 heteroatoms. The molecule has 0 aromatic heterocycles. The molecular weight excluding hydrogens is 735 g/mol. The summed E-state index contributed by atoms with van der Waals surface area (Å²) in [4.78, 5) is 24.3. The molecule has 0 amide bonds. The van der Waals surface area contributed by atoms with Crippen LogP contribution in [0, 0.1) is 0 Å². The van der Waals surface area contributed by atoms with Crippen LogP contribution in [-0.2, 0) is 25.6 Å². The van der Waals surface area contributed by atoms with Gasteiger partial charge in [-0.3, -0.25) is 9.59 Å². The van der Waals surface area contributed by atoms with Gasteiger partial charge in [0.1, 0.15) is 11.5 Å². The van der Waals surface area contributed by atoms with Crippen molar-refractivity contribution in [2.24, 2.45) is 0 Å². The van der Waals surface area contributed by atoms with E-state index in [0.717, 1.165) is 94.1 Å². The zero-order valence-electron chi connectivity index (χ0n) is 38.1. The van der Waals surface area contributed by atoms with Crippen LogP contribution in [0.25, 0.3) is 0 Å². The highest BCUT2D eigenvalue weighted by atomic mass is 16.5. The Bertz CT molecular complexity index is 1150. The summed E-state index contributed by atoms with van der Waals surface area (Å²) >= 11 is 0. The van der Waals surface area contributed by atoms with E-state index in [4.69, 9.17) is 18.9 Å². The predicted molar refractivity (Wildman–Crippen MR) is 249 cm³/mol. The number of carbonyl (C=O) groups is 2. The number of hydrogen-bond donors (Lipinski definition) is 1. The minimum Gasteiger partial charge on any atom is -0.493 e. The minimum absolute atomic E-state index is 0.0938. The lowest BCUT2D eigenvalue weighted by Crippen LogP contribution is -2.09. The molecule has 1 aromatic rings. The van der Waals surface area contributed by atoms with E-state index in [1.807, 2.05) is 25.2 Å². The van der Waals surface area contributed by atoms with Gasteiger partial charge in [0.05, 0.1) is 26.4 Å². The Labute approximate surface area is 362 Å². The number of ether oxygens (including phenoxy) is 4. The summed E-state index contributed by atoms with van der Waals surface area (Å²) in [7, 11) is 1.92. The van der Waals surface area contributed by atoms with E-state index in [1.165, 1.54) is 89.9 Å². The van der Waals surface area contributed by atoms with Crippen LogP contribution in [0.4, 0.5) is 0 Å². The van der Waals surface area contributed by atoms with Crippen molar-refractivity contribution in [2.75, 3.05) is 33.5 Å². The molecule has 0 aliphatic rings. The summed E-state index contributed by atoms with van der Waals surface area (Å²) in [5.74, 6) is 1.36. The second-order valence-electron chi connectivity index (χ2n) is 15.9. The SMILES string of the molecule is CCCCC/C=C\C/C=C\CCCCCCCC(=O)OCCCCOc1cc(CNC)cc(OCCCCOC(=O)CCCCCCC/C=C\C/C=C\CCCCC)c1. The lowest BCUT2D eigenvalue weighted by atomic mass is 10.1. The van der Waals surface area contributed by atoms with E-state index in [2.05, 4.69) is 67.8 Å². The molecular formula is C52H87NO6. The van der Waals surface area contributed by atoms with Crippen LogP contribution in [0.15, 0.2) is 66.8 Å². The first kappa shape index (κ1) is 53.7. The molecule has 0 saturated heterocycles. The van der Waals surface area contributed by atoms with Crippen LogP contribution >= 0.6 is 0 Å². The van der Waals surface area contributed by atoms with Gasteiger partial charge in [-0.2, -0.15) is 0 Å². The third-order valence-corrected chi connectivity index (χ3v) is 10.1. The first-order valence-corrected chi connectivity index (χ1v) is 24.0. The van der Waals surface area contributed by atoms with Crippen LogP contribution < -0.4 is 14.8 Å². The number of nitrogens with one attached hydrogen (secondary N) is 1. The number of benzene rings is 1. The van der Waals surface area contributed by atoms with E-state index in [1.54, 1.807) is 0 Å². The normalized spacial score (nSPS) is 11.8. The van der Waals surface area contributed by atoms with Crippen molar-refractivity contribution in [3.63, 3.8) is 0 Å². The molecule has 0 saturated carbocycles. The molecule has 0 unspecified atom stereocenters. The third kappa shape index (κ3) is 37.4. The summed E-state index contributed by atoms with van der Waals surface area (Å²) in [6.45, 7) is 7.16. The zero-order valence-corrected chi connectivity index (χ0v) is 38.1. The minimum atomic E-state index is -0.0938. The smallest absolute Gasteiger partial charge is 0.305 e. The number of carbonyl (C=O) groups excluding carboxylic acids is 2. The van der Waals surface area contributed by atoms with Gasteiger partial charge in [-0.15, -0.1) is 0 Å². The molecule has 0 heterocycles. The molecule has 59 heavy (non-hydrogen) atoms. The summed E-state index contributed by atoms with van der Waals surface area (Å²) in [6.07, 6.45) is 48.3. The van der Waals surface area contributed by atoms with Crippen LogP contribution in [0.5, 0.6) is 11.5 Å². The van der Waals surface area contributed by atoms with Crippen molar-refractivity contribution in [1.29, 1.82) is 0 Å². The van der Waals surface area contributed by atoms with Crippen molar-refractivity contribution in [1.82, 2.24) is 5.32 Å². The number of allylic oxidation sites excluding steroid dienone is 8. The fourth-order valence-electron chi connectivity index (χ4n) is 6.57. The average Bonchev–Trinajstić information content (AvgIpc) is 3.23. The zero-order chi connectivity index (χ0) is 42.5. The maximum Gasteiger partial charge on any atom is 0.305 e. The van der Waals surface area contributed by atoms with Crippen LogP contribution in [0.1, 0.15) is 199 Å². The number of esters is 2. The molecule has 1 aromatic carbocycles. The largest absolute Gasteiger partial charge is 0.493 e. The van der Waals surface area contributed by atoms with E-state index < -0.39 is 0 Å². The summed E-state index contributed by atoms with van der Waals surface area (Å²) in [5, 5.41) is 3.20. The van der Waals surface area contributed by atoms with Crippen molar-refractivity contribution in [2.45, 2.75) is 200 Å². The van der Waals surface area contributed by atoms with Crippen molar-refractivity contribution < 1.29 is 28.5 Å². The maximum absolute atomic E-state index is 12.2. The summed E-state index contributed by atoms with van der Waals surface area (Å²) in [6, 6.07) is 5.99. The molecule has 1 rings (SSSR count). The number of hydrogen-bond acceptors (Lipinski definition) is 7. The molecule has 336 valence electrons. The molecule has 0 spiro atoms. The van der Waals surface area contributed by atoms with Gasteiger partial charge < -0.3 is 24.3 Å². The van der Waals surface area contributed by atoms with Crippen LogP contribution in [-0.4, -0.2) is 45.4 Å². The monoisotopic (exact) mass is 822 g/mol. The maximum atomic E-state index is 12.2. The second kappa shape index (κ2) is 42.8. The second-order valence-corrected chi connectivity index (χ2v) is 15.9. The third-order valence-electron chi connectivity index (χ3n) is 10.1. The summed E-state index contributed by atoms with van der Waals surface area (Å²) < 4.78 is 23.0. The molecule has 0 atom stereocenters. The fourth-order valence-corrected chi connectivity index (χ4v) is 6.57. The quantitative estimate of drug-likeness (QED) is 0.0399. The average molecular weight is 822 g/mol. The molecule has 1 N–H and O–H groups in total. The van der Waals surface area contributed by atoms with E-state index in [-0.39, 0.29) is 11.9 Å². The predicted octanol–water partition coefficient (Wildman–Crippen LogP) is 14.4. The lowest BCUT2D eigenvalue weighted by molar-refractivity contribution is -0.144. The molecule has 0 radical (unpaired) electrons. The first-order chi connectivity index (χ1) is 29.1. The standard InChI is InChI=1S/C52H87NO6/c1-4-6-8-10-12-14-16-18-20-22-24-26-28-30-32-38-51(54)58-42-36-34-40-56-49-44-48(47-53-3)45-50(46-49)57-41-35-37-43-59-52(55)39-33-31-29-27-25-23-21-19-17-15-13-11-9-7-5-2/h12-15,18-21,44-46,53H,4-11,16-17,22-43,47H2,1-3H3/b14-12-,15-13-,20-18-,21-19-. The van der Waals surface area contributed by atoms with Crippen LogP contribution in [0.2, 0.25) is 0 Å². The van der Waals surface area contributed by atoms with E-state index in [0.29, 0.717) is 45.8 Å². The molecule has 0 bridgehead atoms. The van der Waals surface area contributed by atoms with Gasteiger partial charge in [0.2, 0.25) is 0 Å². The van der Waals surface area contributed by atoms with E-state index >= 15 is 0 Å². The molecule has 0 aliphatic heterocycles. The van der Waals surface area contributed by atoms with Crippen molar-refractivity contribution >= 4 is 11.9 Å². The molecule has 0 aliphatic carbocycles. The van der Waals surface area contributed by atoms with Gasteiger partial charge in [0, 0.05) is 25.5 Å². The van der Waals surface area contributed by atoms with Gasteiger partial charge in [0.15, 0.2) is 0 Å². The highest BCUT2D eigenvalue weighted by molar-refractivity contribution is 5.69. The Morgan fingerprint density at radius 3 is 1.24 bits per heavy atom. The Kier molecular flexibility index (Phi) is 38.9. The van der Waals surface area contributed by atoms with Gasteiger partial charge in [-0.25, -0.2) is 0 Å². The number of unbranched alkanes of at least 4 members (excludes halogenated alkanes) is 18. The Morgan fingerprint density at radius 1 is 0.458 bits per heavy atom. The van der Waals surface area contributed by atoms with Crippen molar-refractivity contribution in [3.8, 4) is 11.5 Å². The Balaban J connectivity index is 2.05. The Morgan fingerprint density at radius 2 is 0.831 bits per heavy atom. The fraction of sp³-hybridized carbons (Fsp3) is 0.692. The summed E-state index contributed by atoms with van der Waals surface area (Å²) in [5.41, 5.74) is 1.09. The number of rotatable bonds is 42.